The van der Waals surface area contributed by atoms with E-state index in [1.165, 1.54) is 37.4 Å². The molecule has 1 unspecified atom stereocenters. The summed E-state index contributed by atoms with van der Waals surface area (Å²) in [5, 5.41) is 19.7. The number of fused-ring (bicyclic) bond motifs is 1. The number of esters is 1. The van der Waals surface area contributed by atoms with Crippen molar-refractivity contribution in [2.45, 2.75) is 26.2 Å². The van der Waals surface area contributed by atoms with E-state index in [1.54, 1.807) is 24.3 Å². The number of primary amides is 1. The second-order valence-corrected chi connectivity index (χ2v) is 7.84. The standard InChI is InChI=1S/C26H19F2NO5.C2H6.CH3NO/c1-34-26(33)20(10-14-2-6-17(30)7-3-14)24-13-19(25(31)32)18-11-15(5-9-23(18)29-24)16-4-8-21(27)22(28)12-16;1-2;2-1-3/h2-9,11-13,20,30H,10H2,1H3,(H,31,32);1-2H3;1H,(H2,2,3). The first kappa shape index (κ1) is 30.4. The van der Waals surface area contributed by atoms with E-state index in [0.29, 0.717) is 16.6 Å². The number of phenolic OH excluding ortho intramolecular Hbond substituents is 1. The number of aromatic carboxylic acids is 1. The maximum atomic E-state index is 13.7. The van der Waals surface area contributed by atoms with Crippen LogP contribution in [0.2, 0.25) is 0 Å². The smallest absolute Gasteiger partial charge is 0.336 e. The number of aromatic nitrogens is 1. The van der Waals surface area contributed by atoms with Crippen molar-refractivity contribution in [1.82, 2.24) is 4.98 Å². The average molecular weight is 539 g/mol. The lowest BCUT2D eigenvalue weighted by molar-refractivity contribution is -0.142. The molecule has 39 heavy (non-hydrogen) atoms. The number of halogens is 2. The number of carboxylic acid groups (broad SMARTS) is 1. The van der Waals surface area contributed by atoms with Crippen LogP contribution in [0, 0.1) is 11.6 Å². The monoisotopic (exact) mass is 538 g/mol. The third-order valence-electron chi connectivity index (χ3n) is 5.53. The van der Waals surface area contributed by atoms with Crippen molar-refractivity contribution in [3.63, 3.8) is 0 Å². The second-order valence-electron chi connectivity index (χ2n) is 7.84. The summed E-state index contributed by atoms with van der Waals surface area (Å²) in [7, 11) is 1.24. The zero-order valence-electron chi connectivity index (χ0n) is 21.5. The molecule has 0 aliphatic rings. The minimum Gasteiger partial charge on any atom is -0.508 e. The first-order valence-corrected chi connectivity index (χ1v) is 11.8. The summed E-state index contributed by atoms with van der Waals surface area (Å²) in [6.07, 6.45) is 0.428. The van der Waals surface area contributed by atoms with Gasteiger partial charge in [-0.25, -0.2) is 13.6 Å². The van der Waals surface area contributed by atoms with Gasteiger partial charge in [-0.3, -0.25) is 14.6 Å². The van der Waals surface area contributed by atoms with Gasteiger partial charge < -0.3 is 20.7 Å². The molecule has 0 bridgehead atoms. The van der Waals surface area contributed by atoms with Crippen molar-refractivity contribution in [2.24, 2.45) is 5.73 Å². The summed E-state index contributed by atoms with van der Waals surface area (Å²) < 4.78 is 31.9. The lowest BCUT2D eigenvalue weighted by Gasteiger charge is -2.16. The summed E-state index contributed by atoms with van der Waals surface area (Å²) in [5.41, 5.74) is 6.19. The number of phenols is 1. The summed E-state index contributed by atoms with van der Waals surface area (Å²) >= 11 is 0. The third-order valence-corrected chi connectivity index (χ3v) is 5.53. The van der Waals surface area contributed by atoms with Crippen LogP contribution in [0.15, 0.2) is 66.7 Å². The highest BCUT2D eigenvalue weighted by molar-refractivity contribution is 6.04. The zero-order valence-corrected chi connectivity index (χ0v) is 21.5. The zero-order chi connectivity index (χ0) is 29.1. The Balaban J connectivity index is 0.000000998. The van der Waals surface area contributed by atoms with Crippen LogP contribution in [0.25, 0.3) is 22.0 Å². The van der Waals surface area contributed by atoms with E-state index in [-0.39, 0.29) is 35.2 Å². The first-order chi connectivity index (χ1) is 18.7. The molecule has 4 N–H and O–H groups in total. The van der Waals surface area contributed by atoms with Gasteiger partial charge in [0.15, 0.2) is 11.6 Å². The first-order valence-electron chi connectivity index (χ1n) is 11.8. The van der Waals surface area contributed by atoms with Crippen molar-refractivity contribution in [2.75, 3.05) is 7.11 Å². The van der Waals surface area contributed by atoms with Gasteiger partial charge in [-0.2, -0.15) is 0 Å². The van der Waals surface area contributed by atoms with Crippen LogP contribution < -0.4 is 5.73 Å². The predicted octanol–water partition coefficient (Wildman–Crippen LogP) is 5.21. The van der Waals surface area contributed by atoms with Crippen LogP contribution in [0.1, 0.15) is 41.4 Å². The molecule has 0 aliphatic heterocycles. The molecule has 1 aromatic heterocycles. The molecule has 204 valence electrons. The molecule has 1 atom stereocenters. The lowest BCUT2D eigenvalue weighted by atomic mass is 9.93. The summed E-state index contributed by atoms with van der Waals surface area (Å²) in [6.45, 7) is 4.00. The molecule has 0 radical (unpaired) electrons. The van der Waals surface area contributed by atoms with Gasteiger partial charge in [-0.1, -0.05) is 38.1 Å². The molecule has 10 heteroatoms. The summed E-state index contributed by atoms with van der Waals surface area (Å²) in [4.78, 5) is 37.8. The van der Waals surface area contributed by atoms with Crippen molar-refractivity contribution in [3.8, 4) is 16.9 Å². The second kappa shape index (κ2) is 14.2. The van der Waals surface area contributed by atoms with Gasteiger partial charge in [0.25, 0.3) is 0 Å². The topological polar surface area (TPSA) is 140 Å². The molecule has 1 amide bonds. The molecule has 0 saturated carbocycles. The third kappa shape index (κ3) is 7.57. The highest BCUT2D eigenvalue weighted by Crippen LogP contribution is 2.30. The number of benzene rings is 3. The number of hydrogen-bond acceptors (Lipinski definition) is 6. The summed E-state index contributed by atoms with van der Waals surface area (Å²) in [6, 6.07) is 15.7. The van der Waals surface area contributed by atoms with E-state index < -0.39 is 29.5 Å². The molecule has 0 spiro atoms. The van der Waals surface area contributed by atoms with E-state index in [2.05, 4.69) is 10.7 Å². The number of carbonyl (C=O) groups excluding carboxylic acids is 2. The predicted molar refractivity (Wildman–Crippen MR) is 142 cm³/mol. The minimum absolute atomic E-state index is 0.0761. The SMILES string of the molecule is CC.COC(=O)C(Cc1ccc(O)cc1)c1cc(C(=O)O)c2cc(-c3ccc(F)c(F)c3)ccc2n1.NC=O. The normalized spacial score (nSPS) is 10.8. The van der Waals surface area contributed by atoms with Crippen LogP contribution in [-0.4, -0.2) is 40.7 Å². The largest absolute Gasteiger partial charge is 0.508 e. The fourth-order valence-electron chi connectivity index (χ4n) is 3.78. The Labute approximate surface area is 223 Å². The molecule has 4 rings (SSSR count). The highest BCUT2D eigenvalue weighted by Gasteiger charge is 2.26. The number of ether oxygens (including phenoxy) is 1. The van der Waals surface area contributed by atoms with Crippen molar-refractivity contribution in [1.29, 1.82) is 0 Å². The van der Waals surface area contributed by atoms with E-state index in [0.717, 1.165) is 17.7 Å². The van der Waals surface area contributed by atoms with Gasteiger partial charge in [0.2, 0.25) is 6.41 Å². The number of amides is 1. The molecule has 3 aromatic carbocycles. The number of aromatic hydroxyl groups is 1. The van der Waals surface area contributed by atoms with Gasteiger partial charge >= 0.3 is 11.9 Å². The highest BCUT2D eigenvalue weighted by atomic mass is 19.2. The Morgan fingerprint density at radius 2 is 1.56 bits per heavy atom. The Morgan fingerprint density at radius 3 is 2.13 bits per heavy atom. The van der Waals surface area contributed by atoms with Crippen molar-refractivity contribution < 1.29 is 38.1 Å². The number of nitrogens with zero attached hydrogens (tertiary/aromatic N) is 1. The van der Waals surface area contributed by atoms with Crippen molar-refractivity contribution in [3.05, 3.63) is 95.2 Å². The van der Waals surface area contributed by atoms with Crippen LogP contribution >= 0.6 is 0 Å². The molecule has 4 aromatic rings. The van der Waals surface area contributed by atoms with Crippen LogP contribution in [0.3, 0.4) is 0 Å². The quantitative estimate of drug-likeness (QED) is 0.226. The van der Waals surface area contributed by atoms with Gasteiger partial charge in [0, 0.05) is 5.39 Å². The Bertz CT molecular complexity index is 1460. The van der Waals surface area contributed by atoms with Crippen LogP contribution in [0.4, 0.5) is 8.78 Å². The lowest BCUT2D eigenvalue weighted by Crippen LogP contribution is -2.19. The number of rotatable bonds is 6. The number of nitrogens with two attached hydrogens (primary N) is 1. The molecule has 1 heterocycles. The number of carboxylic acids is 1. The van der Waals surface area contributed by atoms with Crippen molar-refractivity contribution >= 4 is 29.3 Å². The van der Waals surface area contributed by atoms with E-state index in [9.17, 15) is 28.6 Å². The average Bonchev–Trinajstić information content (AvgIpc) is 2.94. The Hall–Kier alpha value is -4.86. The molecular weight excluding hydrogens is 510 g/mol. The van der Waals surface area contributed by atoms with Gasteiger partial charge in [-0.05, 0) is 65.6 Å². The van der Waals surface area contributed by atoms with Gasteiger partial charge in [0.1, 0.15) is 11.7 Å². The number of pyridine rings is 1. The maximum Gasteiger partial charge on any atom is 0.336 e. The molecule has 0 saturated heterocycles. The van der Waals surface area contributed by atoms with Gasteiger partial charge in [-0.15, -0.1) is 0 Å². The van der Waals surface area contributed by atoms with E-state index >= 15 is 0 Å². The van der Waals surface area contributed by atoms with Crippen LogP contribution in [0.5, 0.6) is 5.75 Å². The van der Waals surface area contributed by atoms with E-state index in [4.69, 9.17) is 9.53 Å². The fourth-order valence-corrected chi connectivity index (χ4v) is 3.78. The maximum absolute atomic E-state index is 13.7. The van der Waals surface area contributed by atoms with E-state index in [1.807, 2.05) is 13.8 Å². The number of hydrogen-bond donors (Lipinski definition) is 3. The fraction of sp³-hybridized carbons (Fsp3) is 0.172. The molecule has 8 nitrogen and oxygen atoms in total. The number of methoxy groups -OCH3 is 1. The molecular formula is C29H28F2N2O6. The minimum atomic E-state index is -1.23. The molecule has 0 fully saturated rings. The summed E-state index contributed by atoms with van der Waals surface area (Å²) in [5.74, 6) is -4.63. The van der Waals surface area contributed by atoms with Gasteiger partial charge in [0.05, 0.1) is 23.9 Å². The Morgan fingerprint density at radius 1 is 0.974 bits per heavy atom. The molecule has 0 aliphatic carbocycles. The Kier molecular flexibility index (Phi) is 11.0. The number of carbonyl (C=O) groups is 3. The van der Waals surface area contributed by atoms with Crippen LogP contribution in [-0.2, 0) is 20.7 Å².